The molecule has 0 saturated carbocycles. The Kier molecular flexibility index (Phi) is 4.28. The summed E-state index contributed by atoms with van der Waals surface area (Å²) in [7, 11) is 0. The van der Waals surface area contributed by atoms with Crippen LogP contribution in [0.3, 0.4) is 0 Å². The van der Waals surface area contributed by atoms with Crippen LogP contribution in [-0.4, -0.2) is 5.97 Å². The van der Waals surface area contributed by atoms with Crippen LogP contribution in [0.2, 0.25) is 0 Å². The predicted molar refractivity (Wildman–Crippen MR) is 62.0 cm³/mol. The molecule has 5 heteroatoms. The molecule has 0 bridgehead atoms. The lowest BCUT2D eigenvalue weighted by Crippen LogP contribution is -2.06. The number of benzene rings is 1. The van der Waals surface area contributed by atoms with Gasteiger partial charge in [-0.25, -0.2) is 4.39 Å². The lowest BCUT2D eigenvalue weighted by molar-refractivity contribution is -0.145. The first-order chi connectivity index (χ1) is 6.91. The summed E-state index contributed by atoms with van der Waals surface area (Å²) in [6.45, 7) is 3.06. The fourth-order valence-electron chi connectivity index (χ4n) is 1.25. The van der Waals surface area contributed by atoms with Gasteiger partial charge in [0.2, 0.25) is 0 Å². The first-order valence-corrected chi connectivity index (χ1v) is 5.82. The monoisotopic (exact) mass is 338 g/mol. The topological polar surface area (TPSA) is 26.3 Å². The minimum atomic E-state index is -0.424. The maximum atomic E-state index is 13.0. The van der Waals surface area contributed by atoms with Gasteiger partial charge in [-0.2, -0.15) is 0 Å². The Morgan fingerprint density at radius 2 is 1.87 bits per heavy atom. The molecule has 82 valence electrons. The summed E-state index contributed by atoms with van der Waals surface area (Å²) in [6, 6.07) is 2.67. The Hall–Kier alpha value is -0.420. The van der Waals surface area contributed by atoms with E-state index in [-0.39, 0.29) is 11.8 Å². The molecule has 1 aromatic rings. The summed E-state index contributed by atoms with van der Waals surface area (Å²) in [6.07, 6.45) is -0.424. The number of hydrogen-bond acceptors (Lipinski definition) is 2. The highest BCUT2D eigenvalue weighted by Gasteiger charge is 2.16. The number of rotatable bonds is 2. The van der Waals surface area contributed by atoms with Crippen LogP contribution in [0.15, 0.2) is 21.1 Å². The zero-order valence-electron chi connectivity index (χ0n) is 8.18. The van der Waals surface area contributed by atoms with Gasteiger partial charge in [0.05, 0.1) is 0 Å². The summed E-state index contributed by atoms with van der Waals surface area (Å²) < 4.78 is 19.1. The molecule has 2 nitrogen and oxygen atoms in total. The maximum Gasteiger partial charge on any atom is 0.303 e. The smallest absolute Gasteiger partial charge is 0.303 e. The maximum absolute atomic E-state index is 13.0. The van der Waals surface area contributed by atoms with Crippen molar-refractivity contribution in [2.24, 2.45) is 0 Å². The number of carbonyl (C=O) groups excluding carboxylic acids is 1. The van der Waals surface area contributed by atoms with Crippen LogP contribution in [0.4, 0.5) is 4.39 Å². The van der Waals surface area contributed by atoms with Gasteiger partial charge in [-0.1, -0.05) is 31.9 Å². The Balaban J connectivity index is 3.08. The second-order valence-electron chi connectivity index (χ2n) is 3.03. The van der Waals surface area contributed by atoms with Crippen molar-refractivity contribution in [1.29, 1.82) is 0 Å². The molecule has 1 unspecified atom stereocenters. The summed E-state index contributed by atoms with van der Waals surface area (Å²) in [5, 5.41) is 0. The molecule has 0 aliphatic carbocycles. The average molecular weight is 340 g/mol. The van der Waals surface area contributed by atoms with E-state index in [0.29, 0.717) is 14.5 Å². The van der Waals surface area contributed by atoms with Gasteiger partial charge >= 0.3 is 5.97 Å². The standard InChI is InChI=1S/C10H9Br2FO2/c1-5(15-6(2)14)10-8(11)3-7(13)4-9(10)12/h3-5H,1-2H3. The van der Waals surface area contributed by atoms with E-state index in [9.17, 15) is 9.18 Å². The number of halogens is 3. The van der Waals surface area contributed by atoms with E-state index in [1.165, 1.54) is 19.1 Å². The molecule has 0 heterocycles. The van der Waals surface area contributed by atoms with Crippen molar-refractivity contribution in [3.8, 4) is 0 Å². The average Bonchev–Trinajstić information content (AvgIpc) is 1.99. The van der Waals surface area contributed by atoms with E-state index >= 15 is 0 Å². The summed E-state index contributed by atoms with van der Waals surface area (Å²) >= 11 is 6.45. The Morgan fingerprint density at radius 3 is 2.27 bits per heavy atom. The highest BCUT2D eigenvalue weighted by Crippen LogP contribution is 2.33. The largest absolute Gasteiger partial charge is 0.458 e. The molecule has 0 fully saturated rings. The van der Waals surface area contributed by atoms with Crippen LogP contribution in [0, 0.1) is 5.82 Å². The second-order valence-corrected chi connectivity index (χ2v) is 4.74. The number of hydrogen-bond donors (Lipinski definition) is 0. The van der Waals surface area contributed by atoms with Crippen LogP contribution in [0.5, 0.6) is 0 Å². The van der Waals surface area contributed by atoms with Crippen molar-refractivity contribution in [2.45, 2.75) is 20.0 Å². The molecular weight excluding hydrogens is 331 g/mol. The third-order valence-electron chi connectivity index (χ3n) is 1.79. The summed E-state index contributed by atoms with van der Waals surface area (Å²) in [5.74, 6) is -0.724. The highest BCUT2D eigenvalue weighted by atomic mass is 79.9. The van der Waals surface area contributed by atoms with Gasteiger partial charge in [0.1, 0.15) is 11.9 Å². The lowest BCUT2D eigenvalue weighted by Gasteiger charge is -2.15. The molecule has 15 heavy (non-hydrogen) atoms. The molecule has 0 spiro atoms. The normalized spacial score (nSPS) is 12.3. The molecule has 0 radical (unpaired) electrons. The van der Waals surface area contributed by atoms with Gasteiger partial charge in [0, 0.05) is 21.4 Å². The number of ether oxygens (including phenoxy) is 1. The molecular formula is C10H9Br2FO2. The van der Waals surface area contributed by atoms with E-state index in [0.717, 1.165) is 0 Å². The molecule has 0 saturated heterocycles. The first-order valence-electron chi connectivity index (χ1n) is 4.23. The molecule has 1 aromatic carbocycles. The van der Waals surface area contributed by atoms with Crippen molar-refractivity contribution in [2.75, 3.05) is 0 Å². The molecule has 0 N–H and O–H groups in total. The first kappa shape index (κ1) is 12.6. The third kappa shape index (κ3) is 3.28. The van der Waals surface area contributed by atoms with E-state index in [4.69, 9.17) is 4.74 Å². The van der Waals surface area contributed by atoms with Crippen LogP contribution in [0.1, 0.15) is 25.5 Å². The van der Waals surface area contributed by atoms with E-state index < -0.39 is 6.10 Å². The van der Waals surface area contributed by atoms with E-state index in [2.05, 4.69) is 31.9 Å². The molecule has 0 aliphatic rings. The van der Waals surface area contributed by atoms with Gasteiger partial charge in [0.15, 0.2) is 0 Å². The Bertz CT molecular complexity index is 370. The zero-order valence-corrected chi connectivity index (χ0v) is 11.4. The molecule has 0 aliphatic heterocycles. The zero-order chi connectivity index (χ0) is 11.6. The molecule has 1 atom stereocenters. The van der Waals surface area contributed by atoms with Crippen molar-refractivity contribution in [1.82, 2.24) is 0 Å². The van der Waals surface area contributed by atoms with Gasteiger partial charge in [-0.15, -0.1) is 0 Å². The van der Waals surface area contributed by atoms with Crippen molar-refractivity contribution in [3.05, 3.63) is 32.5 Å². The van der Waals surface area contributed by atoms with Crippen LogP contribution < -0.4 is 0 Å². The summed E-state index contributed by atoms with van der Waals surface area (Å²) in [4.78, 5) is 10.8. The SMILES string of the molecule is CC(=O)OC(C)c1c(Br)cc(F)cc1Br. The predicted octanol–water partition coefficient (Wildman–Crippen LogP) is 3.97. The highest BCUT2D eigenvalue weighted by molar-refractivity contribution is 9.11. The van der Waals surface area contributed by atoms with Gasteiger partial charge in [-0.05, 0) is 19.1 Å². The van der Waals surface area contributed by atoms with Crippen molar-refractivity contribution in [3.63, 3.8) is 0 Å². The fraction of sp³-hybridized carbons (Fsp3) is 0.300. The Morgan fingerprint density at radius 1 is 1.40 bits per heavy atom. The van der Waals surface area contributed by atoms with Crippen LogP contribution in [0.25, 0.3) is 0 Å². The van der Waals surface area contributed by atoms with Crippen LogP contribution in [-0.2, 0) is 9.53 Å². The molecule has 0 amide bonds. The van der Waals surface area contributed by atoms with E-state index in [1.54, 1.807) is 6.92 Å². The van der Waals surface area contributed by atoms with Gasteiger partial charge in [-0.3, -0.25) is 4.79 Å². The third-order valence-corrected chi connectivity index (χ3v) is 3.11. The van der Waals surface area contributed by atoms with Gasteiger partial charge in [0.25, 0.3) is 0 Å². The second kappa shape index (κ2) is 5.07. The van der Waals surface area contributed by atoms with Gasteiger partial charge < -0.3 is 4.74 Å². The quantitative estimate of drug-likeness (QED) is 0.762. The summed E-state index contributed by atoms with van der Waals surface area (Å²) in [5.41, 5.74) is 0.714. The number of carbonyl (C=O) groups is 1. The number of esters is 1. The minimum absolute atomic E-state index is 0.354. The molecule has 1 rings (SSSR count). The fourth-order valence-corrected chi connectivity index (χ4v) is 3.02. The minimum Gasteiger partial charge on any atom is -0.458 e. The molecule has 0 aromatic heterocycles. The van der Waals surface area contributed by atoms with Crippen LogP contribution >= 0.6 is 31.9 Å². The van der Waals surface area contributed by atoms with E-state index in [1.807, 2.05) is 0 Å². The Labute approximate surface area is 104 Å². The van der Waals surface area contributed by atoms with Crippen molar-refractivity contribution < 1.29 is 13.9 Å². The lowest BCUT2D eigenvalue weighted by atomic mass is 10.1. The van der Waals surface area contributed by atoms with Crippen molar-refractivity contribution >= 4 is 37.8 Å².